The average Bonchev–Trinajstić information content (AvgIpc) is 2.09. The van der Waals surface area contributed by atoms with Crippen molar-refractivity contribution in [2.75, 3.05) is 12.4 Å². The van der Waals surface area contributed by atoms with Crippen LogP contribution in [-0.2, 0) is 13.8 Å². The Morgan fingerprint density at radius 2 is 1.80 bits per heavy atom. The molecule has 0 bridgehead atoms. The van der Waals surface area contributed by atoms with Gasteiger partial charge in [0.2, 0.25) is 9.05 Å². The molecule has 15 heavy (non-hydrogen) atoms. The monoisotopic (exact) mass is 256 g/mol. The van der Waals surface area contributed by atoms with E-state index in [-0.39, 0.29) is 11.4 Å². The molecule has 0 rings (SSSR count). The van der Waals surface area contributed by atoms with Crippen LogP contribution in [0.3, 0.4) is 0 Å². The smallest absolute Gasteiger partial charge is 0.232 e. The van der Waals surface area contributed by atoms with Crippen molar-refractivity contribution in [1.29, 1.82) is 0 Å². The Bertz CT molecular complexity index is 260. The Morgan fingerprint density at radius 1 is 1.20 bits per heavy atom. The highest BCUT2D eigenvalue weighted by Crippen LogP contribution is 2.14. The lowest BCUT2D eigenvalue weighted by atomic mass is 10.1. The maximum atomic E-state index is 10.6. The number of ether oxygens (including phenoxy) is 1. The van der Waals surface area contributed by atoms with Gasteiger partial charge in [-0.15, -0.1) is 0 Å². The van der Waals surface area contributed by atoms with E-state index in [4.69, 9.17) is 15.4 Å². The highest BCUT2D eigenvalue weighted by molar-refractivity contribution is 8.13. The van der Waals surface area contributed by atoms with Crippen LogP contribution in [0.2, 0.25) is 0 Å². The summed E-state index contributed by atoms with van der Waals surface area (Å²) in [6.45, 7) is 6.87. The number of hydrogen-bond acceptors (Lipinski definition) is 3. The van der Waals surface area contributed by atoms with Crippen molar-refractivity contribution in [3.05, 3.63) is 0 Å². The summed E-state index contributed by atoms with van der Waals surface area (Å²) in [5.41, 5.74) is -0.0709. The fourth-order valence-corrected chi connectivity index (χ4v) is 1.88. The maximum Gasteiger partial charge on any atom is 0.232 e. The predicted molar refractivity (Wildman–Crippen MR) is 63.8 cm³/mol. The Hall–Kier alpha value is 0.200. The van der Waals surface area contributed by atoms with Crippen molar-refractivity contribution in [2.45, 2.75) is 52.1 Å². The summed E-state index contributed by atoms with van der Waals surface area (Å²) < 4.78 is 26.8. The quantitative estimate of drug-likeness (QED) is 0.495. The molecule has 0 N–H and O–H groups in total. The molecule has 0 unspecified atom stereocenters. The first-order valence-corrected chi connectivity index (χ1v) is 7.81. The molecule has 0 aromatic rings. The van der Waals surface area contributed by atoms with E-state index in [0.29, 0.717) is 13.0 Å². The molecule has 0 saturated carbocycles. The zero-order valence-corrected chi connectivity index (χ0v) is 11.3. The summed E-state index contributed by atoms with van der Waals surface area (Å²) in [4.78, 5) is 0. The number of hydrogen-bond donors (Lipinski definition) is 0. The molecule has 0 atom stereocenters. The molecule has 0 radical (unpaired) electrons. The van der Waals surface area contributed by atoms with Gasteiger partial charge in [0.05, 0.1) is 11.4 Å². The van der Waals surface area contributed by atoms with Gasteiger partial charge in [-0.3, -0.25) is 0 Å². The molecule has 0 aliphatic carbocycles. The minimum Gasteiger partial charge on any atom is -0.376 e. The van der Waals surface area contributed by atoms with Gasteiger partial charge >= 0.3 is 0 Å². The second-order valence-electron chi connectivity index (χ2n) is 4.27. The molecule has 92 valence electrons. The van der Waals surface area contributed by atoms with E-state index in [2.05, 4.69) is 20.8 Å². The van der Waals surface area contributed by atoms with Crippen LogP contribution in [0.5, 0.6) is 0 Å². The topological polar surface area (TPSA) is 43.4 Å². The third-order valence-electron chi connectivity index (χ3n) is 2.38. The molecule has 3 nitrogen and oxygen atoms in total. The van der Waals surface area contributed by atoms with Crippen LogP contribution in [0.4, 0.5) is 0 Å². The summed E-state index contributed by atoms with van der Waals surface area (Å²) in [6, 6.07) is 0. The highest BCUT2D eigenvalue weighted by Gasteiger charge is 2.14. The largest absolute Gasteiger partial charge is 0.376 e. The van der Waals surface area contributed by atoms with Gasteiger partial charge in [-0.25, -0.2) is 8.42 Å². The van der Waals surface area contributed by atoms with Crippen molar-refractivity contribution < 1.29 is 13.2 Å². The average molecular weight is 257 g/mol. The summed E-state index contributed by atoms with van der Waals surface area (Å²) >= 11 is 0. The van der Waals surface area contributed by atoms with E-state index >= 15 is 0 Å². The molecule has 0 spiro atoms. The van der Waals surface area contributed by atoms with Gasteiger partial charge < -0.3 is 4.74 Å². The SMILES string of the molecule is CCC(C)(C)OCCCCCS(=O)(=O)Cl. The minimum absolute atomic E-state index is 0.0612. The molecule has 0 aliphatic rings. The fourth-order valence-electron chi connectivity index (χ4n) is 1.00. The van der Waals surface area contributed by atoms with E-state index in [1.807, 2.05) is 0 Å². The van der Waals surface area contributed by atoms with Crippen LogP contribution < -0.4 is 0 Å². The predicted octanol–water partition coefficient (Wildman–Crippen LogP) is 2.93. The van der Waals surface area contributed by atoms with E-state index < -0.39 is 9.05 Å². The first kappa shape index (κ1) is 15.2. The molecule has 0 saturated heterocycles. The molecule has 5 heteroatoms. The molecular formula is C10H21ClO3S. The lowest BCUT2D eigenvalue weighted by Gasteiger charge is -2.23. The van der Waals surface area contributed by atoms with Crippen LogP contribution in [0.15, 0.2) is 0 Å². The summed E-state index contributed by atoms with van der Waals surface area (Å²) in [7, 11) is 1.77. The molecule has 0 aliphatic heterocycles. The summed E-state index contributed by atoms with van der Waals surface area (Å²) in [6.07, 6.45) is 3.31. The zero-order chi connectivity index (χ0) is 11.9. The van der Waals surface area contributed by atoms with Gasteiger partial charge in [-0.1, -0.05) is 13.3 Å². The molecule has 0 heterocycles. The lowest BCUT2D eigenvalue weighted by Crippen LogP contribution is -2.23. The highest BCUT2D eigenvalue weighted by atomic mass is 35.7. The lowest BCUT2D eigenvalue weighted by molar-refractivity contribution is -0.0215. The van der Waals surface area contributed by atoms with Crippen molar-refractivity contribution in [3.63, 3.8) is 0 Å². The fraction of sp³-hybridized carbons (Fsp3) is 1.00. The van der Waals surface area contributed by atoms with Gasteiger partial charge in [-0.2, -0.15) is 0 Å². The molecule has 0 aromatic carbocycles. The maximum absolute atomic E-state index is 10.6. The van der Waals surface area contributed by atoms with Crippen molar-refractivity contribution in [3.8, 4) is 0 Å². The van der Waals surface area contributed by atoms with Crippen LogP contribution >= 0.6 is 10.7 Å². The van der Waals surface area contributed by atoms with E-state index in [1.165, 1.54) is 0 Å². The first-order valence-electron chi connectivity index (χ1n) is 5.33. The molecule has 0 aromatic heterocycles. The molecule has 0 fully saturated rings. The standard InChI is InChI=1S/C10H21ClO3S/c1-4-10(2,3)14-8-6-5-7-9-15(11,12)13/h4-9H2,1-3H3. The van der Waals surface area contributed by atoms with Gasteiger partial charge in [-0.05, 0) is 33.1 Å². The van der Waals surface area contributed by atoms with E-state index in [9.17, 15) is 8.42 Å². The Labute approximate surface area is 97.6 Å². The van der Waals surface area contributed by atoms with Crippen molar-refractivity contribution in [1.82, 2.24) is 0 Å². The summed E-state index contributed by atoms with van der Waals surface area (Å²) in [5, 5.41) is 0. The third-order valence-corrected chi connectivity index (χ3v) is 3.62. The van der Waals surface area contributed by atoms with Crippen LogP contribution in [0.1, 0.15) is 46.5 Å². The molecular weight excluding hydrogens is 236 g/mol. The Kier molecular flexibility index (Phi) is 6.80. The van der Waals surface area contributed by atoms with Gasteiger partial charge in [0.25, 0.3) is 0 Å². The number of halogens is 1. The van der Waals surface area contributed by atoms with Gasteiger partial charge in [0.1, 0.15) is 0 Å². The van der Waals surface area contributed by atoms with Gasteiger partial charge in [0, 0.05) is 17.3 Å². The normalized spacial score (nSPS) is 13.1. The zero-order valence-electron chi connectivity index (χ0n) is 9.75. The van der Waals surface area contributed by atoms with Gasteiger partial charge in [0.15, 0.2) is 0 Å². The Balaban J connectivity index is 3.41. The Morgan fingerprint density at radius 3 is 2.27 bits per heavy atom. The second kappa shape index (κ2) is 6.71. The second-order valence-corrected chi connectivity index (χ2v) is 7.16. The minimum atomic E-state index is -3.31. The van der Waals surface area contributed by atoms with Crippen molar-refractivity contribution in [2.24, 2.45) is 0 Å². The first-order chi connectivity index (χ1) is 6.77. The third kappa shape index (κ3) is 10.5. The number of rotatable bonds is 8. The van der Waals surface area contributed by atoms with E-state index in [1.54, 1.807) is 0 Å². The van der Waals surface area contributed by atoms with Crippen molar-refractivity contribution >= 4 is 19.7 Å². The van der Waals surface area contributed by atoms with Crippen LogP contribution in [-0.4, -0.2) is 26.4 Å². The van der Waals surface area contributed by atoms with E-state index in [0.717, 1.165) is 19.3 Å². The number of unbranched alkanes of at least 4 members (excludes halogenated alkanes) is 2. The van der Waals surface area contributed by atoms with Crippen LogP contribution in [0.25, 0.3) is 0 Å². The summed E-state index contributed by atoms with van der Waals surface area (Å²) in [5.74, 6) is 0.0612. The van der Waals surface area contributed by atoms with Crippen LogP contribution in [0, 0.1) is 0 Å². The molecule has 0 amide bonds.